The van der Waals surface area contributed by atoms with E-state index in [2.05, 4.69) is 6.58 Å². The van der Waals surface area contributed by atoms with E-state index in [0.29, 0.717) is 6.61 Å². The van der Waals surface area contributed by atoms with Crippen LogP contribution in [0.2, 0.25) is 0 Å². The lowest BCUT2D eigenvalue weighted by Crippen LogP contribution is -2.28. The van der Waals surface area contributed by atoms with Crippen molar-refractivity contribution >= 4 is 0 Å². The molecule has 0 unspecified atom stereocenters. The van der Waals surface area contributed by atoms with Crippen molar-refractivity contribution in [1.29, 1.82) is 0 Å². The maximum Gasteiger partial charge on any atom is 0.0824 e. The normalized spacial score (nSPS) is 14.2. The smallest absolute Gasteiger partial charge is 0.0824 e. The molecule has 0 bridgehead atoms. The highest BCUT2D eigenvalue weighted by Gasteiger charge is 2.14. The Morgan fingerprint density at radius 3 is 2.62 bits per heavy atom. The van der Waals surface area contributed by atoms with Crippen molar-refractivity contribution in [2.75, 3.05) is 6.61 Å². The van der Waals surface area contributed by atoms with Gasteiger partial charge in [0.1, 0.15) is 0 Å². The molecule has 0 aromatic heterocycles. The number of aliphatic hydroxyl groups is 1. The quantitative estimate of drug-likeness (QED) is 0.489. The number of allylic oxidation sites excluding steroid dienone is 1. The zero-order valence-electron chi connectivity index (χ0n) is 9.05. The predicted octanol–water partition coefficient (Wildman–Crippen LogP) is 2.52. The van der Waals surface area contributed by atoms with Crippen molar-refractivity contribution in [3.8, 4) is 0 Å². The first-order chi connectivity index (χ1) is 5.95. The van der Waals surface area contributed by atoms with Crippen LogP contribution in [0.1, 0.15) is 40.0 Å². The molecule has 0 spiro atoms. The predicted molar refractivity (Wildman–Crippen MR) is 55.8 cm³/mol. The first-order valence-electron chi connectivity index (χ1n) is 4.90. The van der Waals surface area contributed by atoms with Crippen molar-refractivity contribution in [2.45, 2.75) is 51.7 Å². The summed E-state index contributed by atoms with van der Waals surface area (Å²) in [7, 11) is 0. The number of rotatable bonds is 7. The van der Waals surface area contributed by atoms with E-state index in [1.165, 1.54) is 0 Å². The molecule has 0 saturated heterocycles. The van der Waals surface area contributed by atoms with Gasteiger partial charge in [0.15, 0.2) is 0 Å². The minimum absolute atomic E-state index is 0.228. The lowest BCUT2D eigenvalue weighted by molar-refractivity contribution is -0.0498. The van der Waals surface area contributed by atoms with Crippen molar-refractivity contribution in [3.63, 3.8) is 0 Å². The molecule has 0 saturated carbocycles. The number of ether oxygens (including phenoxy) is 1. The summed E-state index contributed by atoms with van der Waals surface area (Å²) in [5, 5.41) is 9.40. The molecule has 0 amide bonds. The van der Waals surface area contributed by atoms with Gasteiger partial charge in [0.05, 0.1) is 18.3 Å². The molecule has 0 heterocycles. The van der Waals surface area contributed by atoms with Crippen molar-refractivity contribution < 1.29 is 9.84 Å². The fourth-order valence-corrected chi connectivity index (χ4v) is 0.979. The summed E-state index contributed by atoms with van der Waals surface area (Å²) in [4.78, 5) is 0. The van der Waals surface area contributed by atoms with Gasteiger partial charge >= 0.3 is 0 Å². The van der Waals surface area contributed by atoms with E-state index in [1.54, 1.807) is 13.8 Å². The minimum Gasteiger partial charge on any atom is -0.388 e. The Kier molecular flexibility index (Phi) is 6.00. The SMILES string of the molecule is C=CCCC[C@H](C)OCC(C)(C)O. The van der Waals surface area contributed by atoms with E-state index < -0.39 is 5.60 Å². The van der Waals surface area contributed by atoms with Gasteiger partial charge in [-0.15, -0.1) is 6.58 Å². The summed E-state index contributed by atoms with van der Waals surface area (Å²) in [5.41, 5.74) is -0.716. The minimum atomic E-state index is -0.716. The van der Waals surface area contributed by atoms with Crippen LogP contribution < -0.4 is 0 Å². The molecule has 13 heavy (non-hydrogen) atoms. The van der Waals surface area contributed by atoms with Crippen LogP contribution in [0.25, 0.3) is 0 Å². The summed E-state index contributed by atoms with van der Waals surface area (Å²) in [5.74, 6) is 0. The van der Waals surface area contributed by atoms with Gasteiger partial charge in [-0.25, -0.2) is 0 Å². The molecule has 0 aliphatic rings. The summed E-state index contributed by atoms with van der Waals surface area (Å²) < 4.78 is 5.47. The van der Waals surface area contributed by atoms with Gasteiger partial charge in [-0.3, -0.25) is 0 Å². The van der Waals surface area contributed by atoms with Crippen molar-refractivity contribution in [2.24, 2.45) is 0 Å². The third-order valence-electron chi connectivity index (χ3n) is 1.74. The van der Waals surface area contributed by atoms with E-state index in [1.807, 2.05) is 13.0 Å². The zero-order chi connectivity index (χ0) is 10.3. The first kappa shape index (κ1) is 12.7. The first-order valence-corrected chi connectivity index (χ1v) is 4.90. The third-order valence-corrected chi connectivity index (χ3v) is 1.74. The third kappa shape index (κ3) is 9.57. The molecule has 78 valence electrons. The molecule has 0 rings (SSSR count). The Labute approximate surface area is 81.6 Å². The van der Waals surface area contributed by atoms with Gasteiger partial charge in [0.2, 0.25) is 0 Å². The molecule has 2 nitrogen and oxygen atoms in total. The maximum absolute atomic E-state index is 9.40. The van der Waals surface area contributed by atoms with Crippen molar-refractivity contribution in [1.82, 2.24) is 0 Å². The van der Waals surface area contributed by atoms with Gasteiger partial charge in [-0.2, -0.15) is 0 Å². The van der Waals surface area contributed by atoms with Crippen LogP contribution in [0.15, 0.2) is 12.7 Å². The van der Waals surface area contributed by atoms with Gasteiger partial charge in [-0.05, 0) is 40.0 Å². The number of unbranched alkanes of at least 4 members (excludes halogenated alkanes) is 1. The molecule has 0 aliphatic heterocycles. The van der Waals surface area contributed by atoms with Gasteiger partial charge < -0.3 is 9.84 Å². The Morgan fingerprint density at radius 1 is 1.54 bits per heavy atom. The van der Waals surface area contributed by atoms with Gasteiger partial charge in [0.25, 0.3) is 0 Å². The molecule has 1 atom stereocenters. The lowest BCUT2D eigenvalue weighted by atomic mass is 10.1. The Hall–Kier alpha value is -0.340. The Bertz CT molecular complexity index is 136. The summed E-state index contributed by atoms with van der Waals surface area (Å²) >= 11 is 0. The second-order valence-electron chi connectivity index (χ2n) is 4.15. The zero-order valence-corrected chi connectivity index (χ0v) is 9.05. The van der Waals surface area contributed by atoms with Crippen molar-refractivity contribution in [3.05, 3.63) is 12.7 Å². The topological polar surface area (TPSA) is 29.5 Å². The van der Waals surface area contributed by atoms with Crippen LogP contribution in [0.3, 0.4) is 0 Å². The van der Waals surface area contributed by atoms with E-state index >= 15 is 0 Å². The van der Waals surface area contributed by atoms with Crippen LogP contribution in [0, 0.1) is 0 Å². The second kappa shape index (κ2) is 6.17. The summed E-state index contributed by atoms with van der Waals surface area (Å²) in [6, 6.07) is 0. The number of hydrogen-bond acceptors (Lipinski definition) is 2. The molecule has 2 heteroatoms. The van der Waals surface area contributed by atoms with E-state index in [9.17, 15) is 5.11 Å². The molecule has 0 aliphatic carbocycles. The molecule has 0 fully saturated rings. The van der Waals surface area contributed by atoms with Crippen LogP contribution >= 0.6 is 0 Å². The Morgan fingerprint density at radius 2 is 2.15 bits per heavy atom. The average molecular weight is 186 g/mol. The molecule has 0 aromatic carbocycles. The maximum atomic E-state index is 9.40. The second-order valence-corrected chi connectivity index (χ2v) is 4.15. The highest BCUT2D eigenvalue weighted by molar-refractivity contribution is 4.68. The molecular weight excluding hydrogens is 164 g/mol. The Balaban J connectivity index is 3.40. The van der Waals surface area contributed by atoms with E-state index in [4.69, 9.17) is 4.74 Å². The lowest BCUT2D eigenvalue weighted by Gasteiger charge is -2.20. The largest absolute Gasteiger partial charge is 0.388 e. The monoisotopic (exact) mass is 186 g/mol. The highest BCUT2D eigenvalue weighted by atomic mass is 16.5. The summed E-state index contributed by atoms with van der Waals surface area (Å²) in [6.45, 7) is 9.61. The highest BCUT2D eigenvalue weighted by Crippen LogP contribution is 2.08. The number of hydrogen-bond donors (Lipinski definition) is 1. The molecule has 0 aromatic rings. The summed E-state index contributed by atoms with van der Waals surface area (Å²) in [6.07, 6.45) is 5.32. The van der Waals surface area contributed by atoms with Gasteiger partial charge in [0, 0.05) is 0 Å². The van der Waals surface area contributed by atoms with E-state index in [0.717, 1.165) is 19.3 Å². The average Bonchev–Trinajstić information content (AvgIpc) is 2.00. The molecule has 0 radical (unpaired) electrons. The molecule has 1 N–H and O–H groups in total. The standard InChI is InChI=1S/C11H22O2/c1-5-6-7-8-10(2)13-9-11(3,4)12/h5,10,12H,1,6-9H2,2-4H3/t10-/m0/s1. The fraction of sp³-hybridized carbons (Fsp3) is 0.818. The van der Waals surface area contributed by atoms with Crippen LogP contribution in [-0.4, -0.2) is 23.4 Å². The van der Waals surface area contributed by atoms with Crippen LogP contribution in [0.5, 0.6) is 0 Å². The molecular formula is C11H22O2. The van der Waals surface area contributed by atoms with Crippen LogP contribution in [-0.2, 0) is 4.74 Å². The van der Waals surface area contributed by atoms with E-state index in [-0.39, 0.29) is 6.10 Å². The fourth-order valence-electron chi connectivity index (χ4n) is 0.979. The van der Waals surface area contributed by atoms with Gasteiger partial charge in [-0.1, -0.05) is 6.08 Å². The van der Waals surface area contributed by atoms with Crippen LogP contribution in [0.4, 0.5) is 0 Å².